The predicted octanol–water partition coefficient (Wildman–Crippen LogP) is 1.75. The first-order valence-corrected chi connectivity index (χ1v) is 5.42. The molecule has 0 aliphatic rings. The number of rotatable bonds is 4. The number of aromatic carboxylic acids is 1. The van der Waals surface area contributed by atoms with Gasteiger partial charge >= 0.3 is 5.97 Å². The van der Waals surface area contributed by atoms with Gasteiger partial charge in [0.1, 0.15) is 17.9 Å². The van der Waals surface area contributed by atoms with Crippen LogP contribution in [0, 0.1) is 3.57 Å². The average Bonchev–Trinajstić information content (AvgIpc) is 2.15. The average molecular weight is 322 g/mol. The van der Waals surface area contributed by atoms with Crippen molar-refractivity contribution < 1.29 is 19.7 Å². The molecule has 0 fully saturated rings. The number of benzene rings is 1. The topological polar surface area (TPSA) is 66.8 Å². The van der Waals surface area contributed by atoms with Crippen molar-refractivity contribution in [3.05, 3.63) is 27.3 Å². The summed E-state index contributed by atoms with van der Waals surface area (Å²) in [5, 5.41) is 17.9. The Morgan fingerprint density at radius 3 is 2.80 bits per heavy atom. The van der Waals surface area contributed by atoms with E-state index in [0.29, 0.717) is 0 Å². The first-order chi connectivity index (χ1) is 7.00. The smallest absolute Gasteiger partial charge is 0.339 e. The van der Waals surface area contributed by atoms with Crippen molar-refractivity contribution >= 4 is 28.6 Å². The third-order valence-electron chi connectivity index (χ3n) is 1.65. The first kappa shape index (κ1) is 12.3. The van der Waals surface area contributed by atoms with Crippen molar-refractivity contribution in [2.75, 3.05) is 6.61 Å². The summed E-state index contributed by atoms with van der Waals surface area (Å²) in [6.07, 6.45) is -0.620. The third-order valence-corrected chi connectivity index (χ3v) is 2.32. The molecule has 5 heteroatoms. The molecule has 2 N–H and O–H groups in total. The van der Waals surface area contributed by atoms with Crippen LogP contribution < -0.4 is 4.74 Å². The molecule has 15 heavy (non-hydrogen) atoms. The third kappa shape index (κ3) is 3.67. The number of hydrogen-bond acceptors (Lipinski definition) is 3. The van der Waals surface area contributed by atoms with Gasteiger partial charge in [-0.15, -0.1) is 0 Å². The maximum absolute atomic E-state index is 10.9. The van der Waals surface area contributed by atoms with Gasteiger partial charge < -0.3 is 14.9 Å². The second-order valence-corrected chi connectivity index (χ2v) is 4.35. The summed E-state index contributed by atoms with van der Waals surface area (Å²) in [4.78, 5) is 10.9. The molecule has 0 saturated heterocycles. The van der Waals surface area contributed by atoms with Gasteiger partial charge in [-0.3, -0.25) is 0 Å². The van der Waals surface area contributed by atoms with Gasteiger partial charge in [0.2, 0.25) is 0 Å². The highest BCUT2D eigenvalue weighted by molar-refractivity contribution is 14.1. The number of aliphatic hydroxyl groups is 1. The number of halogens is 1. The molecular formula is C10H11IO4. The van der Waals surface area contributed by atoms with Gasteiger partial charge in [0.25, 0.3) is 0 Å². The lowest BCUT2D eigenvalue weighted by Gasteiger charge is -2.10. The van der Waals surface area contributed by atoms with Crippen molar-refractivity contribution in [1.29, 1.82) is 0 Å². The van der Waals surface area contributed by atoms with Crippen LogP contribution >= 0.6 is 22.6 Å². The molecule has 0 bridgehead atoms. The van der Waals surface area contributed by atoms with Crippen molar-refractivity contribution in [2.24, 2.45) is 0 Å². The Bertz CT molecular complexity index is 362. The zero-order chi connectivity index (χ0) is 11.4. The van der Waals surface area contributed by atoms with Crippen LogP contribution in [0.5, 0.6) is 5.75 Å². The largest absolute Gasteiger partial charge is 0.490 e. The van der Waals surface area contributed by atoms with Crippen LogP contribution in [0.4, 0.5) is 0 Å². The molecule has 0 radical (unpaired) electrons. The fourth-order valence-electron chi connectivity index (χ4n) is 1.01. The Morgan fingerprint density at radius 2 is 2.27 bits per heavy atom. The Hall–Kier alpha value is -0.820. The van der Waals surface area contributed by atoms with E-state index in [4.69, 9.17) is 14.9 Å². The molecule has 0 amide bonds. The number of hydrogen-bond donors (Lipinski definition) is 2. The summed E-state index contributed by atoms with van der Waals surface area (Å²) in [7, 11) is 0. The summed E-state index contributed by atoms with van der Waals surface area (Å²) in [6.45, 7) is 1.66. The zero-order valence-corrected chi connectivity index (χ0v) is 10.3. The number of carbonyl (C=O) groups is 1. The van der Waals surface area contributed by atoms with Crippen LogP contribution in [0.15, 0.2) is 18.2 Å². The highest BCUT2D eigenvalue weighted by Crippen LogP contribution is 2.21. The molecule has 1 aromatic rings. The van der Waals surface area contributed by atoms with Crippen LogP contribution in [0.1, 0.15) is 17.3 Å². The second kappa shape index (κ2) is 5.32. The molecule has 0 heterocycles. The zero-order valence-electron chi connectivity index (χ0n) is 8.11. The van der Waals surface area contributed by atoms with Gasteiger partial charge in [0, 0.05) is 3.57 Å². The van der Waals surface area contributed by atoms with Crippen molar-refractivity contribution in [2.45, 2.75) is 13.0 Å². The van der Waals surface area contributed by atoms with Gasteiger partial charge in [-0.05, 0) is 47.7 Å². The molecule has 0 aliphatic carbocycles. The summed E-state index contributed by atoms with van der Waals surface area (Å²) in [5.74, 6) is -0.752. The van der Waals surface area contributed by atoms with E-state index in [1.165, 1.54) is 6.07 Å². The summed E-state index contributed by atoms with van der Waals surface area (Å²) in [6, 6.07) is 4.87. The van der Waals surface area contributed by atoms with Crippen molar-refractivity contribution in [3.8, 4) is 5.75 Å². The molecule has 0 aliphatic heterocycles. The van der Waals surface area contributed by atoms with E-state index < -0.39 is 12.1 Å². The molecule has 0 aromatic heterocycles. The minimum atomic E-state index is -1.03. The summed E-state index contributed by atoms with van der Waals surface area (Å²) in [5.41, 5.74) is 0.113. The number of ether oxygens (including phenoxy) is 1. The molecule has 1 rings (SSSR count). The van der Waals surface area contributed by atoms with Crippen LogP contribution in [0.2, 0.25) is 0 Å². The molecule has 0 saturated carbocycles. The van der Waals surface area contributed by atoms with Crippen molar-refractivity contribution in [1.82, 2.24) is 0 Å². The normalized spacial score (nSPS) is 12.2. The maximum atomic E-state index is 10.9. The van der Waals surface area contributed by atoms with E-state index in [1.807, 2.05) is 22.6 Å². The predicted molar refractivity (Wildman–Crippen MR) is 63.3 cm³/mol. The van der Waals surface area contributed by atoms with E-state index in [1.54, 1.807) is 19.1 Å². The lowest BCUT2D eigenvalue weighted by molar-refractivity contribution is 0.0685. The Kier molecular flexibility index (Phi) is 4.34. The Morgan fingerprint density at radius 1 is 1.60 bits per heavy atom. The molecular weight excluding hydrogens is 311 g/mol. The second-order valence-electron chi connectivity index (χ2n) is 3.11. The molecule has 82 valence electrons. The fraction of sp³-hybridized carbons (Fsp3) is 0.300. The monoisotopic (exact) mass is 322 g/mol. The van der Waals surface area contributed by atoms with E-state index in [0.717, 1.165) is 3.57 Å². The lowest BCUT2D eigenvalue weighted by atomic mass is 10.2. The maximum Gasteiger partial charge on any atom is 0.339 e. The molecule has 1 unspecified atom stereocenters. The number of carboxylic acids is 1. The summed E-state index contributed by atoms with van der Waals surface area (Å²) < 4.78 is 6.01. The molecule has 1 atom stereocenters. The number of carboxylic acid groups (broad SMARTS) is 1. The SMILES string of the molecule is CC(O)COc1ccc(I)cc1C(=O)O. The van der Waals surface area contributed by atoms with E-state index in [-0.39, 0.29) is 17.9 Å². The first-order valence-electron chi connectivity index (χ1n) is 4.34. The highest BCUT2D eigenvalue weighted by atomic mass is 127. The van der Waals surface area contributed by atoms with Crippen LogP contribution in [0.25, 0.3) is 0 Å². The Balaban J connectivity index is 2.91. The molecule has 4 nitrogen and oxygen atoms in total. The van der Waals surface area contributed by atoms with Gasteiger partial charge in [0.15, 0.2) is 0 Å². The standard InChI is InChI=1S/C10H11IO4/c1-6(12)5-15-9-3-2-7(11)4-8(9)10(13)14/h2-4,6,12H,5H2,1H3,(H,13,14). The Labute approximate surface area is 101 Å². The molecule has 0 spiro atoms. The van der Waals surface area contributed by atoms with Gasteiger partial charge in [-0.1, -0.05) is 0 Å². The van der Waals surface area contributed by atoms with Crippen molar-refractivity contribution in [3.63, 3.8) is 0 Å². The van der Waals surface area contributed by atoms with Gasteiger partial charge in [-0.25, -0.2) is 4.79 Å². The van der Waals surface area contributed by atoms with Gasteiger partial charge in [0.05, 0.1) is 6.10 Å². The molecule has 1 aromatic carbocycles. The number of aliphatic hydroxyl groups excluding tert-OH is 1. The van der Waals surface area contributed by atoms with Crippen LogP contribution in [-0.4, -0.2) is 28.9 Å². The van der Waals surface area contributed by atoms with Gasteiger partial charge in [-0.2, -0.15) is 0 Å². The fourth-order valence-corrected chi connectivity index (χ4v) is 1.50. The van der Waals surface area contributed by atoms with E-state index >= 15 is 0 Å². The lowest BCUT2D eigenvalue weighted by Crippen LogP contribution is -2.14. The van der Waals surface area contributed by atoms with Crippen LogP contribution in [0.3, 0.4) is 0 Å². The summed E-state index contributed by atoms with van der Waals surface area (Å²) >= 11 is 2.03. The van der Waals surface area contributed by atoms with E-state index in [2.05, 4.69) is 0 Å². The van der Waals surface area contributed by atoms with Crippen LogP contribution in [-0.2, 0) is 0 Å². The quantitative estimate of drug-likeness (QED) is 0.829. The minimum absolute atomic E-state index is 0.0842. The minimum Gasteiger partial charge on any atom is -0.490 e. The highest BCUT2D eigenvalue weighted by Gasteiger charge is 2.12. The van der Waals surface area contributed by atoms with E-state index in [9.17, 15) is 4.79 Å².